The van der Waals surface area contributed by atoms with Crippen LogP contribution in [0.25, 0.3) is 0 Å². The van der Waals surface area contributed by atoms with Crippen molar-refractivity contribution in [3.63, 3.8) is 0 Å². The highest BCUT2D eigenvalue weighted by atomic mass is 19.4. The van der Waals surface area contributed by atoms with Gasteiger partial charge in [-0.2, -0.15) is 18.4 Å². The first-order chi connectivity index (χ1) is 15.8. The molecule has 3 fully saturated rings. The van der Waals surface area contributed by atoms with E-state index < -0.39 is 11.7 Å². The molecule has 2 amide bonds. The number of anilines is 1. The monoisotopic (exact) mass is 464 g/mol. The number of carbonyl (C=O) groups is 1. The zero-order valence-corrected chi connectivity index (χ0v) is 19.0. The second-order valence-electron chi connectivity index (χ2n) is 9.65. The van der Waals surface area contributed by atoms with Gasteiger partial charge in [0, 0.05) is 50.9 Å². The smallest absolute Gasteiger partial charge is 0.384 e. The Hall–Kier alpha value is -2.47. The molecule has 2 aliphatic heterocycles. The van der Waals surface area contributed by atoms with E-state index in [-0.39, 0.29) is 29.0 Å². The van der Waals surface area contributed by atoms with Gasteiger partial charge in [0.25, 0.3) is 0 Å². The molecule has 33 heavy (non-hydrogen) atoms. The van der Waals surface area contributed by atoms with Gasteiger partial charge in [0.15, 0.2) is 0 Å². The number of nitrogens with zero attached hydrogens (tertiary/aromatic N) is 3. The maximum Gasteiger partial charge on any atom is 0.417 e. The lowest BCUT2D eigenvalue weighted by Gasteiger charge is -2.42. The fraction of sp³-hybridized carbons (Fsp3) is 0.667. The zero-order chi connectivity index (χ0) is 23.6. The Balaban J connectivity index is 1.47. The Morgan fingerprint density at radius 3 is 2.58 bits per heavy atom. The molecule has 0 radical (unpaired) electrons. The van der Waals surface area contributed by atoms with Crippen molar-refractivity contribution in [2.75, 3.05) is 44.8 Å². The first-order valence-corrected chi connectivity index (χ1v) is 11.7. The van der Waals surface area contributed by atoms with Crippen LogP contribution in [0.15, 0.2) is 18.2 Å². The lowest BCUT2D eigenvalue weighted by molar-refractivity contribution is -0.137. The number of likely N-dealkylation sites (tertiary alicyclic amines) is 1. The van der Waals surface area contributed by atoms with E-state index in [2.05, 4.69) is 5.32 Å². The van der Waals surface area contributed by atoms with Crippen molar-refractivity contribution in [1.29, 1.82) is 5.26 Å². The number of benzene rings is 1. The summed E-state index contributed by atoms with van der Waals surface area (Å²) in [5.41, 5.74) is -0.909. The number of urea groups is 1. The third kappa shape index (κ3) is 4.91. The van der Waals surface area contributed by atoms with Gasteiger partial charge in [0.05, 0.1) is 23.8 Å². The summed E-state index contributed by atoms with van der Waals surface area (Å²) in [5, 5.41) is 12.2. The largest absolute Gasteiger partial charge is 0.417 e. The minimum Gasteiger partial charge on any atom is -0.384 e. The summed E-state index contributed by atoms with van der Waals surface area (Å²) < 4.78 is 45.9. The van der Waals surface area contributed by atoms with Gasteiger partial charge in [-0.15, -0.1) is 0 Å². The lowest BCUT2D eigenvalue weighted by Crippen LogP contribution is -2.51. The van der Waals surface area contributed by atoms with Crippen LogP contribution >= 0.6 is 0 Å². The van der Waals surface area contributed by atoms with Crippen LogP contribution in [-0.2, 0) is 10.9 Å². The number of ether oxygens (including phenoxy) is 1. The number of carbonyl (C=O) groups excluding carboxylic acids is 1. The first kappa shape index (κ1) is 23.7. The van der Waals surface area contributed by atoms with E-state index in [9.17, 15) is 18.0 Å². The van der Waals surface area contributed by atoms with Gasteiger partial charge >= 0.3 is 12.2 Å². The number of amides is 2. The molecule has 2 heterocycles. The van der Waals surface area contributed by atoms with Crippen LogP contribution in [0.2, 0.25) is 0 Å². The number of hydrogen-bond acceptors (Lipinski definition) is 4. The number of halogens is 3. The molecule has 0 aromatic heterocycles. The fourth-order valence-electron chi connectivity index (χ4n) is 5.78. The zero-order valence-electron chi connectivity index (χ0n) is 19.0. The van der Waals surface area contributed by atoms with E-state index in [1.807, 2.05) is 9.80 Å². The van der Waals surface area contributed by atoms with Gasteiger partial charge < -0.3 is 19.9 Å². The van der Waals surface area contributed by atoms with E-state index in [0.717, 1.165) is 44.6 Å². The van der Waals surface area contributed by atoms with Crippen molar-refractivity contribution in [1.82, 2.24) is 10.2 Å². The highest BCUT2D eigenvalue weighted by molar-refractivity contribution is 5.74. The SMILES string of the molecule is COCC1CN(c2ccc(C#N)c(C(F)(F)F)c2)CC12CCN(C(=O)NC1CCCC1)CC2. The van der Waals surface area contributed by atoms with E-state index in [4.69, 9.17) is 10.00 Å². The van der Waals surface area contributed by atoms with Crippen LogP contribution in [0, 0.1) is 22.7 Å². The highest BCUT2D eigenvalue weighted by Crippen LogP contribution is 2.47. The van der Waals surface area contributed by atoms with Crippen LogP contribution in [0.1, 0.15) is 49.7 Å². The molecular formula is C24H31F3N4O2. The highest BCUT2D eigenvalue weighted by Gasteiger charge is 2.49. The standard InChI is InChI=1S/C24H31F3N4O2/c1-33-15-18-14-31(20-7-6-17(13-28)21(12-20)24(25,26)27)16-23(18)8-10-30(11-9-23)22(32)29-19-4-2-3-5-19/h6-7,12,18-19H,2-5,8-11,14-16H2,1H3,(H,29,32). The van der Waals surface area contributed by atoms with Crippen molar-refractivity contribution >= 4 is 11.7 Å². The van der Waals surface area contributed by atoms with E-state index in [1.165, 1.54) is 6.07 Å². The molecule has 1 N–H and O–H groups in total. The number of rotatable bonds is 4. The third-order valence-corrected chi connectivity index (χ3v) is 7.70. The molecule has 4 rings (SSSR count). The molecule has 1 aromatic rings. The summed E-state index contributed by atoms with van der Waals surface area (Å²) in [6, 6.07) is 5.86. The van der Waals surface area contributed by atoms with Crippen molar-refractivity contribution < 1.29 is 22.7 Å². The van der Waals surface area contributed by atoms with E-state index in [0.29, 0.717) is 38.5 Å². The Bertz CT molecular complexity index is 900. The molecule has 2 saturated heterocycles. The van der Waals surface area contributed by atoms with Crippen molar-refractivity contribution in [2.45, 2.75) is 50.7 Å². The summed E-state index contributed by atoms with van der Waals surface area (Å²) in [6.45, 7) is 2.99. The second kappa shape index (κ2) is 9.41. The third-order valence-electron chi connectivity index (χ3n) is 7.70. The Labute approximate surface area is 192 Å². The lowest BCUT2D eigenvalue weighted by atomic mass is 9.71. The molecule has 6 nitrogen and oxygen atoms in total. The minimum atomic E-state index is -4.58. The molecule has 1 atom stereocenters. The topological polar surface area (TPSA) is 68.6 Å². The molecule has 9 heteroatoms. The fourth-order valence-corrected chi connectivity index (χ4v) is 5.78. The minimum absolute atomic E-state index is 0.00296. The summed E-state index contributed by atoms with van der Waals surface area (Å²) in [7, 11) is 1.64. The Morgan fingerprint density at radius 2 is 1.97 bits per heavy atom. The molecule has 1 saturated carbocycles. The van der Waals surface area contributed by atoms with Crippen LogP contribution < -0.4 is 10.2 Å². The normalized spacial score (nSPS) is 23.2. The number of nitriles is 1. The van der Waals surface area contributed by atoms with Crippen LogP contribution in [-0.4, -0.2) is 56.9 Å². The molecule has 1 aromatic carbocycles. The first-order valence-electron chi connectivity index (χ1n) is 11.7. The molecule has 3 aliphatic rings. The molecule has 1 spiro atoms. The van der Waals surface area contributed by atoms with Gasteiger partial charge in [-0.25, -0.2) is 4.79 Å². The molecule has 1 unspecified atom stereocenters. The van der Waals surface area contributed by atoms with Gasteiger partial charge in [0.2, 0.25) is 0 Å². The van der Waals surface area contributed by atoms with Crippen molar-refractivity contribution in [2.24, 2.45) is 11.3 Å². The number of methoxy groups -OCH3 is 1. The Kier molecular flexibility index (Phi) is 6.76. The quantitative estimate of drug-likeness (QED) is 0.718. The number of alkyl halides is 3. The van der Waals surface area contributed by atoms with Gasteiger partial charge in [-0.05, 0) is 49.3 Å². The van der Waals surface area contributed by atoms with Gasteiger partial charge in [0.1, 0.15) is 0 Å². The predicted octanol–water partition coefficient (Wildman–Crippen LogP) is 4.39. The number of hydrogen-bond donors (Lipinski definition) is 1. The second-order valence-corrected chi connectivity index (χ2v) is 9.65. The summed E-state index contributed by atoms with van der Waals surface area (Å²) >= 11 is 0. The summed E-state index contributed by atoms with van der Waals surface area (Å²) in [4.78, 5) is 16.5. The van der Waals surface area contributed by atoms with Crippen molar-refractivity contribution in [3.05, 3.63) is 29.3 Å². The predicted molar refractivity (Wildman–Crippen MR) is 118 cm³/mol. The van der Waals surface area contributed by atoms with Crippen LogP contribution in [0.4, 0.5) is 23.7 Å². The maximum absolute atomic E-state index is 13.5. The number of nitrogens with one attached hydrogen (secondary N) is 1. The maximum atomic E-state index is 13.5. The molecule has 180 valence electrons. The number of piperidine rings is 1. The van der Waals surface area contributed by atoms with Gasteiger partial charge in [-0.1, -0.05) is 12.8 Å². The summed E-state index contributed by atoms with van der Waals surface area (Å²) in [6.07, 6.45) is 1.40. The average molecular weight is 465 g/mol. The van der Waals surface area contributed by atoms with E-state index in [1.54, 1.807) is 19.2 Å². The molecule has 0 bridgehead atoms. The summed E-state index contributed by atoms with van der Waals surface area (Å²) in [5.74, 6) is 0.160. The molecule has 1 aliphatic carbocycles. The van der Waals surface area contributed by atoms with Gasteiger partial charge in [-0.3, -0.25) is 0 Å². The Morgan fingerprint density at radius 1 is 1.27 bits per heavy atom. The average Bonchev–Trinajstić information content (AvgIpc) is 3.42. The van der Waals surface area contributed by atoms with Crippen molar-refractivity contribution in [3.8, 4) is 6.07 Å². The van der Waals surface area contributed by atoms with E-state index >= 15 is 0 Å². The van der Waals surface area contributed by atoms with Crippen LogP contribution in [0.5, 0.6) is 0 Å². The molecular weight excluding hydrogens is 433 g/mol. The van der Waals surface area contributed by atoms with Crippen LogP contribution in [0.3, 0.4) is 0 Å².